The highest BCUT2D eigenvalue weighted by Crippen LogP contribution is 2.38. The number of thiazole rings is 1. The molecule has 0 spiro atoms. The van der Waals surface area contributed by atoms with E-state index in [1.165, 1.54) is 6.20 Å². The summed E-state index contributed by atoms with van der Waals surface area (Å²) in [6.45, 7) is 0. The summed E-state index contributed by atoms with van der Waals surface area (Å²) in [5.41, 5.74) is 1.98. The van der Waals surface area contributed by atoms with Crippen LogP contribution in [0.2, 0.25) is 5.02 Å². The summed E-state index contributed by atoms with van der Waals surface area (Å²) in [6.07, 6.45) is -2.18. The molecule has 3 aromatic heterocycles. The van der Waals surface area contributed by atoms with Gasteiger partial charge in [-0.25, -0.2) is 4.98 Å². The predicted molar refractivity (Wildman–Crippen MR) is 120 cm³/mol. The van der Waals surface area contributed by atoms with Crippen LogP contribution in [-0.2, 0) is 6.18 Å². The highest BCUT2D eigenvalue weighted by atomic mass is 35.5. The first-order chi connectivity index (χ1) is 15.9. The fourth-order valence-corrected chi connectivity index (χ4v) is 4.16. The van der Waals surface area contributed by atoms with Gasteiger partial charge in [0.05, 0.1) is 11.3 Å². The van der Waals surface area contributed by atoms with Gasteiger partial charge >= 0.3 is 6.18 Å². The monoisotopic (exact) mass is 484 g/mol. The first-order valence-electron chi connectivity index (χ1n) is 9.56. The van der Waals surface area contributed by atoms with Gasteiger partial charge in [0, 0.05) is 45.1 Å². The second-order valence-corrected chi connectivity index (χ2v) is 8.26. The average Bonchev–Trinajstić information content (AvgIpc) is 3.50. The zero-order valence-corrected chi connectivity index (χ0v) is 18.1. The zero-order valence-electron chi connectivity index (χ0n) is 16.5. The van der Waals surface area contributed by atoms with E-state index in [2.05, 4.69) is 20.1 Å². The Labute approximate surface area is 194 Å². The molecule has 0 amide bonds. The summed E-state index contributed by atoms with van der Waals surface area (Å²) in [5.74, 6) is 0.780. The molecule has 2 aromatic carbocycles. The summed E-state index contributed by atoms with van der Waals surface area (Å²) >= 11 is 7.04. The molecule has 0 atom stereocenters. The Bertz CT molecular complexity index is 1410. The van der Waals surface area contributed by atoms with Crippen LogP contribution in [0.3, 0.4) is 0 Å². The zero-order chi connectivity index (χ0) is 23.0. The van der Waals surface area contributed by atoms with Crippen LogP contribution in [-0.4, -0.2) is 20.1 Å². The maximum absolute atomic E-state index is 13.3. The topological polar surface area (TPSA) is 64.7 Å². The van der Waals surface area contributed by atoms with Crippen LogP contribution in [0.1, 0.15) is 5.56 Å². The molecule has 0 aliphatic heterocycles. The van der Waals surface area contributed by atoms with Crippen LogP contribution in [0.15, 0.2) is 76.9 Å². The third-order valence-electron chi connectivity index (χ3n) is 4.82. The van der Waals surface area contributed by atoms with E-state index < -0.39 is 11.7 Å². The smallest absolute Gasteiger partial charge is 0.334 e. The molecule has 0 fully saturated rings. The van der Waals surface area contributed by atoms with E-state index in [1.807, 2.05) is 0 Å². The number of nitrogens with zero attached hydrogens (tertiary/aromatic N) is 4. The van der Waals surface area contributed by atoms with Gasteiger partial charge in [0.1, 0.15) is 5.01 Å². The van der Waals surface area contributed by atoms with Crippen molar-refractivity contribution in [1.82, 2.24) is 20.1 Å². The molecule has 164 valence electrons. The summed E-state index contributed by atoms with van der Waals surface area (Å²) in [6, 6.07) is 15.2. The summed E-state index contributed by atoms with van der Waals surface area (Å²) in [7, 11) is 0. The molecular weight excluding hydrogens is 473 g/mol. The number of aromatic nitrogens is 4. The highest BCUT2D eigenvalue weighted by molar-refractivity contribution is 7.13. The maximum atomic E-state index is 13.3. The van der Waals surface area contributed by atoms with Crippen LogP contribution in [0, 0.1) is 0 Å². The van der Waals surface area contributed by atoms with Gasteiger partial charge in [-0.1, -0.05) is 41.0 Å². The molecule has 0 aliphatic carbocycles. The van der Waals surface area contributed by atoms with E-state index >= 15 is 0 Å². The molecule has 0 saturated heterocycles. The third kappa shape index (κ3) is 4.37. The van der Waals surface area contributed by atoms with Crippen LogP contribution in [0.25, 0.3) is 44.7 Å². The van der Waals surface area contributed by atoms with Crippen molar-refractivity contribution in [1.29, 1.82) is 0 Å². The number of hydrogen-bond donors (Lipinski definition) is 0. The van der Waals surface area contributed by atoms with E-state index in [9.17, 15) is 13.2 Å². The minimum atomic E-state index is -4.48. The lowest BCUT2D eigenvalue weighted by molar-refractivity contribution is -0.137. The van der Waals surface area contributed by atoms with Crippen LogP contribution < -0.4 is 0 Å². The molecule has 0 N–H and O–H groups in total. The summed E-state index contributed by atoms with van der Waals surface area (Å²) < 4.78 is 45.3. The van der Waals surface area contributed by atoms with Crippen LogP contribution in [0.4, 0.5) is 13.2 Å². The quantitative estimate of drug-likeness (QED) is 0.268. The Kier molecular flexibility index (Phi) is 5.43. The predicted octanol–water partition coefficient (Wildman–Crippen LogP) is 7.26. The molecule has 0 unspecified atom stereocenters. The fraction of sp³-hybridized carbons (Fsp3) is 0.0435. The average molecular weight is 485 g/mol. The maximum Gasteiger partial charge on any atom is 0.417 e. The first kappa shape index (κ1) is 21.3. The Morgan fingerprint density at radius 3 is 2.27 bits per heavy atom. The van der Waals surface area contributed by atoms with Crippen molar-refractivity contribution < 1.29 is 17.7 Å². The lowest BCUT2D eigenvalue weighted by Gasteiger charge is -2.09. The molecule has 5 aromatic rings. The van der Waals surface area contributed by atoms with Gasteiger partial charge in [-0.3, -0.25) is 4.98 Å². The minimum Gasteiger partial charge on any atom is -0.334 e. The molecule has 33 heavy (non-hydrogen) atoms. The van der Waals surface area contributed by atoms with Crippen molar-refractivity contribution in [3.63, 3.8) is 0 Å². The van der Waals surface area contributed by atoms with E-state index in [-0.39, 0.29) is 10.6 Å². The van der Waals surface area contributed by atoms with Gasteiger partial charge < -0.3 is 4.52 Å². The molecule has 3 heterocycles. The number of halogens is 4. The molecule has 5 nitrogen and oxygen atoms in total. The Morgan fingerprint density at radius 2 is 1.55 bits per heavy atom. The summed E-state index contributed by atoms with van der Waals surface area (Å²) in [5, 5.41) is 6.59. The third-order valence-corrected chi connectivity index (χ3v) is 5.94. The van der Waals surface area contributed by atoms with Gasteiger partial charge in [-0.15, -0.1) is 11.3 Å². The van der Waals surface area contributed by atoms with E-state index in [4.69, 9.17) is 16.1 Å². The van der Waals surface area contributed by atoms with Crippen LogP contribution in [0.5, 0.6) is 0 Å². The lowest BCUT2D eigenvalue weighted by Crippen LogP contribution is -2.07. The Balaban J connectivity index is 1.40. The highest BCUT2D eigenvalue weighted by Gasteiger charge is 2.34. The van der Waals surface area contributed by atoms with Gasteiger partial charge in [0.15, 0.2) is 0 Å². The van der Waals surface area contributed by atoms with Crippen LogP contribution >= 0.6 is 22.9 Å². The molecule has 5 rings (SSSR count). The van der Waals surface area contributed by atoms with Gasteiger partial charge in [-0.2, -0.15) is 18.2 Å². The Hall–Kier alpha value is -3.56. The van der Waals surface area contributed by atoms with Crippen molar-refractivity contribution in [3.8, 4) is 44.7 Å². The van der Waals surface area contributed by atoms with Crippen molar-refractivity contribution >= 4 is 22.9 Å². The van der Waals surface area contributed by atoms with Gasteiger partial charge in [0.2, 0.25) is 5.82 Å². The summed E-state index contributed by atoms with van der Waals surface area (Å²) in [4.78, 5) is 12.6. The van der Waals surface area contributed by atoms with Crippen molar-refractivity contribution in [2.45, 2.75) is 6.18 Å². The van der Waals surface area contributed by atoms with Crippen molar-refractivity contribution in [2.75, 3.05) is 0 Å². The number of rotatable bonds is 4. The molecular formula is C23H12ClF3N4OS. The SMILES string of the molecule is FC(F)(F)c1ccncc1-c1nc(-c2ccc(-c3noc(-c4ccc(Cl)cc4)n3)cc2)cs1. The largest absolute Gasteiger partial charge is 0.417 e. The van der Waals surface area contributed by atoms with Gasteiger partial charge in [0.25, 0.3) is 5.89 Å². The molecule has 0 bridgehead atoms. The second-order valence-electron chi connectivity index (χ2n) is 6.96. The van der Waals surface area contributed by atoms with E-state index in [1.54, 1.807) is 53.9 Å². The van der Waals surface area contributed by atoms with Crippen molar-refractivity contribution in [3.05, 3.63) is 83.0 Å². The Morgan fingerprint density at radius 1 is 0.848 bits per heavy atom. The molecule has 10 heteroatoms. The molecule has 0 saturated carbocycles. The van der Waals surface area contributed by atoms with Crippen molar-refractivity contribution in [2.24, 2.45) is 0 Å². The van der Waals surface area contributed by atoms with Gasteiger partial charge in [-0.05, 0) is 30.3 Å². The standard InChI is InChI=1S/C23H12ClF3N4OS/c24-16-7-5-15(6-8-16)21-30-20(31-32-21)14-3-1-13(2-4-14)19-12-33-22(29-19)17-11-28-10-9-18(17)23(25,26)27/h1-12H. The second kappa shape index (κ2) is 8.42. The number of benzene rings is 2. The molecule has 0 aliphatic rings. The fourth-order valence-electron chi connectivity index (χ4n) is 3.18. The minimum absolute atomic E-state index is 0.0422. The number of alkyl halides is 3. The normalized spacial score (nSPS) is 11.6. The molecule has 0 radical (unpaired) electrons. The van der Waals surface area contributed by atoms with E-state index in [0.717, 1.165) is 40.3 Å². The van der Waals surface area contributed by atoms with E-state index in [0.29, 0.717) is 22.4 Å². The lowest BCUT2D eigenvalue weighted by atomic mass is 10.1. The number of pyridine rings is 1. The first-order valence-corrected chi connectivity index (χ1v) is 10.8. The number of hydrogen-bond acceptors (Lipinski definition) is 6.